The molecule has 4 nitrogen and oxygen atoms in total. The first kappa shape index (κ1) is 17.4. The van der Waals surface area contributed by atoms with Crippen LogP contribution in [0, 0.1) is 5.92 Å². The first-order chi connectivity index (χ1) is 9.98. The van der Waals surface area contributed by atoms with Gasteiger partial charge in [-0.05, 0) is 24.8 Å². The van der Waals surface area contributed by atoms with Gasteiger partial charge in [-0.3, -0.25) is 4.79 Å². The minimum Gasteiger partial charge on any atom is -0.469 e. The van der Waals surface area contributed by atoms with Gasteiger partial charge in [-0.2, -0.15) is 0 Å². The molecule has 0 saturated carbocycles. The molecule has 0 bridgehead atoms. The summed E-state index contributed by atoms with van der Waals surface area (Å²) in [6.07, 6.45) is 3.40. The Morgan fingerprint density at radius 2 is 2.00 bits per heavy atom. The van der Waals surface area contributed by atoms with E-state index < -0.39 is 21.7 Å². The van der Waals surface area contributed by atoms with Gasteiger partial charge in [-0.1, -0.05) is 36.4 Å². The topological polar surface area (TPSA) is 60.4 Å². The highest BCUT2D eigenvalue weighted by Gasteiger charge is 2.25. The number of aryl methyl sites for hydroxylation is 1. The van der Waals surface area contributed by atoms with E-state index in [4.69, 9.17) is 4.74 Å². The Labute approximate surface area is 126 Å². The highest BCUT2D eigenvalue weighted by molar-refractivity contribution is 7.91. The number of hydrogen-bond donors (Lipinski definition) is 0. The van der Waals surface area contributed by atoms with Crippen LogP contribution in [0.4, 0.5) is 0 Å². The van der Waals surface area contributed by atoms with E-state index in [9.17, 15) is 13.2 Å². The van der Waals surface area contributed by atoms with Crippen LogP contribution >= 0.6 is 0 Å². The number of benzene rings is 1. The molecule has 1 aromatic rings. The average molecular weight is 310 g/mol. The van der Waals surface area contributed by atoms with E-state index in [0.717, 1.165) is 12.8 Å². The zero-order valence-electron chi connectivity index (χ0n) is 12.3. The summed E-state index contributed by atoms with van der Waals surface area (Å²) < 4.78 is 28.3. The highest BCUT2D eigenvalue weighted by atomic mass is 32.2. The second-order valence-electron chi connectivity index (χ2n) is 4.96. The molecule has 116 valence electrons. The van der Waals surface area contributed by atoms with E-state index in [1.54, 1.807) is 0 Å². The molecule has 0 fully saturated rings. The van der Waals surface area contributed by atoms with Crippen LogP contribution < -0.4 is 0 Å². The maximum atomic E-state index is 11.8. The van der Waals surface area contributed by atoms with Gasteiger partial charge in [0.15, 0.2) is 9.84 Å². The minimum absolute atomic E-state index is 0.112. The molecule has 0 amide bonds. The van der Waals surface area contributed by atoms with Crippen LogP contribution in [0.3, 0.4) is 0 Å². The Morgan fingerprint density at radius 3 is 2.57 bits per heavy atom. The fourth-order valence-corrected chi connectivity index (χ4v) is 3.60. The molecule has 1 unspecified atom stereocenters. The Morgan fingerprint density at radius 1 is 1.33 bits per heavy atom. The molecule has 0 aliphatic carbocycles. The molecule has 0 radical (unpaired) electrons. The predicted octanol–water partition coefficient (Wildman–Crippen LogP) is 2.40. The van der Waals surface area contributed by atoms with Crippen LogP contribution in [0.5, 0.6) is 0 Å². The number of sulfone groups is 1. The van der Waals surface area contributed by atoms with Crippen molar-refractivity contribution >= 4 is 15.8 Å². The van der Waals surface area contributed by atoms with Crippen molar-refractivity contribution in [2.75, 3.05) is 18.6 Å². The second-order valence-corrected chi connectivity index (χ2v) is 7.12. The van der Waals surface area contributed by atoms with E-state index in [2.05, 4.69) is 6.58 Å². The van der Waals surface area contributed by atoms with Gasteiger partial charge in [-0.25, -0.2) is 8.42 Å². The Balaban J connectivity index is 2.58. The lowest BCUT2D eigenvalue weighted by Gasteiger charge is -2.14. The normalized spacial score (nSPS) is 12.6. The fraction of sp³-hybridized carbons (Fsp3) is 0.438. The van der Waals surface area contributed by atoms with E-state index in [-0.39, 0.29) is 11.5 Å². The summed E-state index contributed by atoms with van der Waals surface area (Å²) in [5, 5.41) is 0. The number of methoxy groups -OCH3 is 1. The number of rotatable bonds is 9. The smallest absolute Gasteiger partial charge is 0.309 e. The third-order valence-electron chi connectivity index (χ3n) is 3.22. The molecule has 0 aliphatic rings. The lowest BCUT2D eigenvalue weighted by Crippen LogP contribution is -2.26. The van der Waals surface area contributed by atoms with E-state index in [1.165, 1.54) is 18.7 Å². The molecule has 0 aromatic heterocycles. The third kappa shape index (κ3) is 6.58. The molecule has 0 heterocycles. The molecule has 1 aromatic carbocycles. The molecule has 0 aliphatic heterocycles. The first-order valence-electron chi connectivity index (χ1n) is 6.91. The van der Waals surface area contributed by atoms with Gasteiger partial charge in [-0.15, -0.1) is 6.58 Å². The molecule has 21 heavy (non-hydrogen) atoms. The summed E-state index contributed by atoms with van der Waals surface area (Å²) in [6, 6.07) is 9.90. The maximum absolute atomic E-state index is 11.8. The van der Waals surface area contributed by atoms with Crippen molar-refractivity contribution in [3.05, 3.63) is 48.6 Å². The number of carbonyl (C=O) groups is 1. The molecule has 5 heteroatoms. The van der Waals surface area contributed by atoms with Crippen LogP contribution in [0.1, 0.15) is 18.4 Å². The highest BCUT2D eigenvalue weighted by Crippen LogP contribution is 2.15. The summed E-state index contributed by atoms with van der Waals surface area (Å²) in [5.41, 5.74) is 1.18. The zero-order valence-corrected chi connectivity index (χ0v) is 13.1. The standard InChI is InChI=1S/C16H22O4S/c1-3-12-21(18,19)13-15(16(17)20-2)11-7-10-14-8-5-4-6-9-14/h3-6,8-9,15H,1,7,10-13H2,2H3. The van der Waals surface area contributed by atoms with Crippen molar-refractivity contribution in [1.82, 2.24) is 0 Å². The van der Waals surface area contributed by atoms with Crippen LogP contribution in [0.25, 0.3) is 0 Å². The van der Waals surface area contributed by atoms with Gasteiger partial charge in [0, 0.05) is 0 Å². The quantitative estimate of drug-likeness (QED) is 0.519. The summed E-state index contributed by atoms with van der Waals surface area (Å²) >= 11 is 0. The van der Waals surface area contributed by atoms with Crippen molar-refractivity contribution in [1.29, 1.82) is 0 Å². The third-order valence-corrected chi connectivity index (χ3v) is 4.88. The molecule has 0 spiro atoms. The molecule has 1 rings (SSSR count). The van der Waals surface area contributed by atoms with Gasteiger partial charge in [0.2, 0.25) is 0 Å². The number of ether oxygens (including phenoxy) is 1. The molecule has 1 atom stereocenters. The Hall–Kier alpha value is -1.62. The summed E-state index contributed by atoms with van der Waals surface area (Å²) in [7, 11) is -2.02. The van der Waals surface area contributed by atoms with Gasteiger partial charge in [0.05, 0.1) is 24.5 Å². The van der Waals surface area contributed by atoms with Gasteiger partial charge < -0.3 is 4.74 Å². The van der Waals surface area contributed by atoms with Crippen molar-refractivity contribution in [2.24, 2.45) is 5.92 Å². The summed E-state index contributed by atoms with van der Waals surface area (Å²) in [4.78, 5) is 11.7. The number of carbonyl (C=O) groups excluding carboxylic acids is 1. The molecular formula is C16H22O4S. The SMILES string of the molecule is C=CCS(=O)(=O)CC(CCCc1ccccc1)C(=O)OC. The predicted molar refractivity (Wildman–Crippen MR) is 83.7 cm³/mol. The van der Waals surface area contributed by atoms with Crippen molar-refractivity contribution < 1.29 is 17.9 Å². The lowest BCUT2D eigenvalue weighted by molar-refractivity contribution is -0.144. The van der Waals surface area contributed by atoms with E-state index >= 15 is 0 Å². The average Bonchev–Trinajstić information content (AvgIpc) is 2.46. The molecule has 0 saturated heterocycles. The largest absolute Gasteiger partial charge is 0.469 e. The van der Waals surface area contributed by atoms with Crippen LogP contribution in [-0.2, 0) is 25.8 Å². The van der Waals surface area contributed by atoms with Gasteiger partial charge in [0.25, 0.3) is 0 Å². The first-order valence-corrected chi connectivity index (χ1v) is 8.73. The van der Waals surface area contributed by atoms with Crippen molar-refractivity contribution in [2.45, 2.75) is 19.3 Å². The summed E-state index contributed by atoms with van der Waals surface area (Å²) in [6.45, 7) is 3.42. The minimum atomic E-state index is -3.30. The van der Waals surface area contributed by atoms with E-state index in [1.807, 2.05) is 30.3 Å². The van der Waals surface area contributed by atoms with Crippen molar-refractivity contribution in [3.8, 4) is 0 Å². The van der Waals surface area contributed by atoms with Gasteiger partial charge in [0.1, 0.15) is 0 Å². The molecule has 0 N–H and O–H groups in total. The summed E-state index contributed by atoms with van der Waals surface area (Å²) in [5.74, 6) is -1.36. The number of hydrogen-bond acceptors (Lipinski definition) is 4. The zero-order chi connectivity index (χ0) is 15.7. The van der Waals surface area contributed by atoms with Crippen LogP contribution in [-0.4, -0.2) is 33.0 Å². The maximum Gasteiger partial charge on any atom is 0.309 e. The lowest BCUT2D eigenvalue weighted by atomic mass is 10.0. The van der Waals surface area contributed by atoms with Crippen molar-refractivity contribution in [3.63, 3.8) is 0 Å². The molecular weight excluding hydrogens is 288 g/mol. The monoisotopic (exact) mass is 310 g/mol. The van der Waals surface area contributed by atoms with E-state index in [0.29, 0.717) is 6.42 Å². The fourth-order valence-electron chi connectivity index (χ4n) is 2.19. The Kier molecular flexibility index (Phi) is 7.15. The van der Waals surface area contributed by atoms with Crippen LogP contribution in [0.15, 0.2) is 43.0 Å². The van der Waals surface area contributed by atoms with Crippen LogP contribution in [0.2, 0.25) is 0 Å². The Bertz CT molecular complexity index is 549. The van der Waals surface area contributed by atoms with Gasteiger partial charge >= 0.3 is 5.97 Å². The number of esters is 1. The second kappa shape index (κ2) is 8.62.